The minimum absolute atomic E-state index is 0.0159. The van der Waals surface area contributed by atoms with Crippen LogP contribution in [0.25, 0.3) is 5.57 Å². The van der Waals surface area contributed by atoms with E-state index >= 15 is 0 Å². The van der Waals surface area contributed by atoms with E-state index in [1.165, 1.54) is 12.1 Å². The molecule has 0 unspecified atom stereocenters. The number of carbonyl (C=O) groups excluding carboxylic acids is 2. The van der Waals surface area contributed by atoms with Crippen LogP contribution in [0.3, 0.4) is 0 Å². The van der Waals surface area contributed by atoms with Crippen molar-refractivity contribution in [2.45, 2.75) is 33.3 Å². The van der Waals surface area contributed by atoms with Gasteiger partial charge < -0.3 is 19.5 Å². The van der Waals surface area contributed by atoms with E-state index in [1.54, 1.807) is 45.9 Å². The van der Waals surface area contributed by atoms with Gasteiger partial charge in [-0.25, -0.2) is 14.0 Å². The third-order valence-electron chi connectivity index (χ3n) is 2.83. The van der Waals surface area contributed by atoms with Crippen molar-refractivity contribution in [3.8, 4) is 0 Å². The summed E-state index contributed by atoms with van der Waals surface area (Å²) in [6.45, 7) is 6.99. The van der Waals surface area contributed by atoms with Crippen LogP contribution in [0.15, 0.2) is 30.3 Å². The average Bonchev–Trinajstić information content (AvgIpc) is 2.50. The van der Waals surface area contributed by atoms with Crippen molar-refractivity contribution in [2.24, 2.45) is 0 Å². The lowest BCUT2D eigenvalue weighted by molar-refractivity contribution is 0.0533. The second-order valence-corrected chi connectivity index (χ2v) is 6.06. The Morgan fingerprint density at radius 3 is 2.48 bits per heavy atom. The lowest BCUT2D eigenvalue weighted by Crippen LogP contribution is -2.33. The zero-order chi connectivity index (χ0) is 18.9. The SMILES string of the molecule is CCOC(=O)OC/C=C(/CNC(=O)OC(C)(C)C)c1ccccc1F. The number of hydrogen-bond acceptors (Lipinski definition) is 5. The van der Waals surface area contributed by atoms with Crippen LogP contribution < -0.4 is 5.32 Å². The zero-order valence-electron chi connectivity index (χ0n) is 14.9. The molecule has 0 saturated carbocycles. The fraction of sp³-hybridized carbons (Fsp3) is 0.444. The molecule has 7 heteroatoms. The molecule has 0 heterocycles. The number of benzene rings is 1. The third kappa shape index (κ3) is 8.19. The number of ether oxygens (including phenoxy) is 3. The van der Waals surface area contributed by atoms with Crippen LogP contribution in [-0.2, 0) is 14.2 Å². The largest absolute Gasteiger partial charge is 0.508 e. The molecule has 6 nitrogen and oxygen atoms in total. The average molecular weight is 353 g/mol. The molecule has 0 fully saturated rings. The Labute approximate surface area is 147 Å². The molecule has 0 aliphatic heterocycles. The van der Waals surface area contributed by atoms with Gasteiger partial charge in [-0.3, -0.25) is 0 Å². The molecule has 1 amide bonds. The fourth-order valence-electron chi connectivity index (χ4n) is 1.85. The number of hydrogen-bond donors (Lipinski definition) is 1. The normalized spacial score (nSPS) is 11.6. The molecule has 1 aromatic rings. The van der Waals surface area contributed by atoms with Crippen molar-refractivity contribution in [3.05, 3.63) is 41.7 Å². The second-order valence-electron chi connectivity index (χ2n) is 6.06. The Balaban J connectivity index is 2.80. The second kappa shape index (κ2) is 9.66. The number of amides is 1. The zero-order valence-corrected chi connectivity index (χ0v) is 14.9. The van der Waals surface area contributed by atoms with Gasteiger partial charge in [0.2, 0.25) is 0 Å². The van der Waals surface area contributed by atoms with Crippen LogP contribution >= 0.6 is 0 Å². The summed E-state index contributed by atoms with van der Waals surface area (Å²) >= 11 is 0. The molecule has 138 valence electrons. The van der Waals surface area contributed by atoms with Gasteiger partial charge in [0, 0.05) is 12.1 Å². The number of rotatable bonds is 6. The molecular formula is C18H24FNO5. The smallest absolute Gasteiger partial charge is 0.444 e. The van der Waals surface area contributed by atoms with Crippen molar-refractivity contribution in [1.29, 1.82) is 0 Å². The van der Waals surface area contributed by atoms with Crippen molar-refractivity contribution >= 4 is 17.8 Å². The van der Waals surface area contributed by atoms with Gasteiger partial charge in [0.25, 0.3) is 0 Å². The summed E-state index contributed by atoms with van der Waals surface area (Å²) in [5, 5.41) is 2.56. The van der Waals surface area contributed by atoms with Gasteiger partial charge in [0.15, 0.2) is 0 Å². The lowest BCUT2D eigenvalue weighted by Gasteiger charge is -2.20. The van der Waals surface area contributed by atoms with Crippen molar-refractivity contribution < 1.29 is 28.2 Å². The highest BCUT2D eigenvalue weighted by Crippen LogP contribution is 2.18. The monoisotopic (exact) mass is 353 g/mol. The van der Waals surface area contributed by atoms with Gasteiger partial charge in [-0.1, -0.05) is 18.2 Å². The summed E-state index contributed by atoms with van der Waals surface area (Å²) in [4.78, 5) is 23.0. The molecule has 0 aliphatic carbocycles. The van der Waals surface area contributed by atoms with E-state index in [0.717, 1.165) is 0 Å². The molecule has 1 N–H and O–H groups in total. The maximum absolute atomic E-state index is 14.0. The van der Waals surface area contributed by atoms with E-state index in [0.29, 0.717) is 11.1 Å². The van der Waals surface area contributed by atoms with Crippen LogP contribution in [0.2, 0.25) is 0 Å². The van der Waals surface area contributed by atoms with Crippen LogP contribution in [0, 0.1) is 5.82 Å². The first kappa shape index (κ1) is 20.5. The molecule has 25 heavy (non-hydrogen) atoms. The van der Waals surface area contributed by atoms with E-state index in [-0.39, 0.29) is 19.8 Å². The molecule has 1 rings (SSSR count). The minimum atomic E-state index is -0.813. The van der Waals surface area contributed by atoms with E-state index in [2.05, 4.69) is 10.1 Å². The number of carbonyl (C=O) groups is 2. The predicted octanol–water partition coefficient (Wildman–Crippen LogP) is 3.91. The minimum Gasteiger partial charge on any atom is -0.444 e. The molecule has 0 aromatic heterocycles. The maximum atomic E-state index is 14.0. The number of nitrogens with one attached hydrogen (secondary N) is 1. The first-order chi connectivity index (χ1) is 11.7. The molecule has 0 saturated heterocycles. The standard InChI is InChI=1S/C18H24FNO5/c1-5-23-17(22)24-11-10-13(14-8-6-7-9-15(14)19)12-20-16(21)25-18(2,3)4/h6-10H,5,11-12H2,1-4H3,(H,20,21)/b13-10-. The topological polar surface area (TPSA) is 73.9 Å². The molecule has 0 atom stereocenters. The van der Waals surface area contributed by atoms with E-state index in [9.17, 15) is 14.0 Å². The summed E-state index contributed by atoms with van der Waals surface area (Å²) < 4.78 is 28.7. The van der Waals surface area contributed by atoms with Gasteiger partial charge in [0.1, 0.15) is 18.0 Å². The summed E-state index contributed by atoms with van der Waals surface area (Å²) in [5.41, 5.74) is 0.109. The van der Waals surface area contributed by atoms with E-state index < -0.39 is 23.7 Å². The van der Waals surface area contributed by atoms with Crippen molar-refractivity contribution in [3.63, 3.8) is 0 Å². The molecule has 0 radical (unpaired) electrons. The van der Waals surface area contributed by atoms with Gasteiger partial charge >= 0.3 is 12.2 Å². The van der Waals surface area contributed by atoms with Gasteiger partial charge in [-0.2, -0.15) is 0 Å². The quantitative estimate of drug-likeness (QED) is 0.785. The Morgan fingerprint density at radius 1 is 1.20 bits per heavy atom. The summed E-state index contributed by atoms with van der Waals surface area (Å²) in [6, 6.07) is 6.12. The molecule has 0 bridgehead atoms. The Bertz CT molecular complexity index is 622. The van der Waals surface area contributed by atoms with Crippen LogP contribution in [-0.4, -0.2) is 37.6 Å². The number of alkyl carbamates (subject to hydrolysis) is 1. The molecule has 0 aliphatic rings. The van der Waals surface area contributed by atoms with E-state index in [1.807, 2.05) is 0 Å². The van der Waals surface area contributed by atoms with Crippen LogP contribution in [0.1, 0.15) is 33.3 Å². The highest BCUT2D eigenvalue weighted by molar-refractivity contribution is 5.74. The number of halogens is 1. The predicted molar refractivity (Wildman–Crippen MR) is 91.6 cm³/mol. The summed E-state index contributed by atoms with van der Waals surface area (Å²) in [5.74, 6) is -0.448. The highest BCUT2D eigenvalue weighted by atomic mass is 19.1. The summed E-state index contributed by atoms with van der Waals surface area (Å²) in [7, 11) is 0. The Kier molecular flexibility index (Phi) is 7.91. The maximum Gasteiger partial charge on any atom is 0.508 e. The van der Waals surface area contributed by atoms with Gasteiger partial charge in [-0.05, 0) is 45.4 Å². The van der Waals surface area contributed by atoms with Crippen LogP contribution in [0.4, 0.5) is 14.0 Å². The van der Waals surface area contributed by atoms with E-state index in [4.69, 9.17) is 9.47 Å². The fourth-order valence-corrected chi connectivity index (χ4v) is 1.85. The Morgan fingerprint density at radius 2 is 1.88 bits per heavy atom. The Hall–Kier alpha value is -2.57. The highest BCUT2D eigenvalue weighted by Gasteiger charge is 2.17. The molecule has 0 spiro atoms. The lowest BCUT2D eigenvalue weighted by atomic mass is 10.1. The van der Waals surface area contributed by atoms with Gasteiger partial charge in [-0.15, -0.1) is 0 Å². The third-order valence-corrected chi connectivity index (χ3v) is 2.83. The molecular weight excluding hydrogens is 329 g/mol. The van der Waals surface area contributed by atoms with Gasteiger partial charge in [0.05, 0.1) is 6.61 Å². The van der Waals surface area contributed by atoms with Crippen molar-refractivity contribution in [2.75, 3.05) is 19.8 Å². The summed E-state index contributed by atoms with van der Waals surface area (Å²) in [6.07, 6.45) is 0.0694. The first-order valence-corrected chi connectivity index (χ1v) is 7.93. The first-order valence-electron chi connectivity index (χ1n) is 7.93. The molecule has 1 aromatic carbocycles. The van der Waals surface area contributed by atoms with Crippen molar-refractivity contribution in [1.82, 2.24) is 5.32 Å². The van der Waals surface area contributed by atoms with Crippen LogP contribution in [0.5, 0.6) is 0 Å².